The van der Waals surface area contributed by atoms with Gasteiger partial charge in [-0.2, -0.15) is 0 Å². The van der Waals surface area contributed by atoms with Crippen molar-refractivity contribution in [3.05, 3.63) is 77.9 Å². The summed E-state index contributed by atoms with van der Waals surface area (Å²) in [6, 6.07) is 13.5. The number of carbonyl (C=O) groups excluding carboxylic acids is 1. The van der Waals surface area contributed by atoms with E-state index in [0.717, 1.165) is 11.1 Å². The Morgan fingerprint density at radius 1 is 1.16 bits per heavy atom. The van der Waals surface area contributed by atoms with Gasteiger partial charge in [0.2, 0.25) is 10.0 Å². The van der Waals surface area contributed by atoms with E-state index in [4.69, 9.17) is 0 Å². The van der Waals surface area contributed by atoms with Crippen LogP contribution in [0.25, 0.3) is 0 Å². The molecule has 132 valence electrons. The first kappa shape index (κ1) is 18.9. The van der Waals surface area contributed by atoms with Gasteiger partial charge in [-0.1, -0.05) is 30.3 Å². The van der Waals surface area contributed by atoms with Crippen molar-refractivity contribution in [2.24, 2.45) is 0 Å². The third kappa shape index (κ3) is 4.78. The summed E-state index contributed by atoms with van der Waals surface area (Å²) in [4.78, 5) is 12.5. The molecule has 0 bridgehead atoms. The number of rotatable bonds is 7. The second-order valence-corrected chi connectivity index (χ2v) is 7.48. The highest BCUT2D eigenvalue weighted by Crippen LogP contribution is 2.18. The van der Waals surface area contributed by atoms with Gasteiger partial charge in [0, 0.05) is 12.1 Å². The van der Waals surface area contributed by atoms with Gasteiger partial charge in [0.1, 0.15) is 0 Å². The minimum absolute atomic E-state index is 0.109. The molecule has 1 amide bonds. The predicted molar refractivity (Wildman–Crippen MR) is 98.9 cm³/mol. The average Bonchev–Trinajstić information content (AvgIpc) is 2.60. The van der Waals surface area contributed by atoms with E-state index in [1.54, 1.807) is 0 Å². The first-order valence-electron chi connectivity index (χ1n) is 7.92. The summed E-state index contributed by atoms with van der Waals surface area (Å²) in [5, 5.41) is 2.93. The minimum Gasteiger partial charge on any atom is -0.346 e. The van der Waals surface area contributed by atoms with E-state index in [-0.39, 0.29) is 23.4 Å². The van der Waals surface area contributed by atoms with Crippen LogP contribution in [-0.4, -0.2) is 20.9 Å². The van der Waals surface area contributed by atoms with Gasteiger partial charge in [0.25, 0.3) is 5.91 Å². The smallest absolute Gasteiger partial charge is 0.251 e. The van der Waals surface area contributed by atoms with Crippen LogP contribution in [0.1, 0.15) is 34.5 Å². The van der Waals surface area contributed by atoms with E-state index >= 15 is 0 Å². The van der Waals surface area contributed by atoms with E-state index in [9.17, 15) is 13.2 Å². The Morgan fingerprint density at radius 3 is 2.40 bits per heavy atom. The summed E-state index contributed by atoms with van der Waals surface area (Å²) in [5.74, 6) is -0.251. The Hall–Kier alpha value is -2.44. The van der Waals surface area contributed by atoms with Gasteiger partial charge >= 0.3 is 0 Å². The Labute approximate surface area is 148 Å². The maximum atomic E-state index is 12.4. The monoisotopic (exact) mass is 358 g/mol. The van der Waals surface area contributed by atoms with Crippen molar-refractivity contribution in [2.75, 3.05) is 6.54 Å². The number of benzene rings is 2. The zero-order valence-electron chi connectivity index (χ0n) is 14.3. The summed E-state index contributed by atoms with van der Waals surface area (Å²) >= 11 is 0. The van der Waals surface area contributed by atoms with Crippen molar-refractivity contribution in [2.45, 2.75) is 24.8 Å². The predicted octanol–water partition coefficient (Wildman–Crippen LogP) is 2.95. The largest absolute Gasteiger partial charge is 0.346 e. The molecule has 0 saturated carbocycles. The topological polar surface area (TPSA) is 75.3 Å². The Morgan fingerprint density at radius 2 is 1.80 bits per heavy atom. The summed E-state index contributed by atoms with van der Waals surface area (Å²) in [7, 11) is -3.59. The standard InChI is InChI=1S/C19H22N2O3S/c1-4-13-20-25(23,24)17-11-9-16(10-12-17)19(22)21-15(3)18-8-6-5-7-14(18)2/h4-12,15,20H,1,13H2,2-3H3,(H,21,22). The molecule has 1 unspecified atom stereocenters. The Balaban J connectivity index is 2.10. The Kier molecular flexibility index (Phi) is 6.12. The van der Waals surface area contributed by atoms with E-state index in [1.807, 2.05) is 38.1 Å². The van der Waals surface area contributed by atoms with Crippen LogP contribution >= 0.6 is 0 Å². The number of hydrogen-bond acceptors (Lipinski definition) is 3. The lowest BCUT2D eigenvalue weighted by atomic mass is 10.0. The van der Waals surface area contributed by atoms with E-state index in [1.165, 1.54) is 30.3 Å². The highest BCUT2D eigenvalue weighted by Gasteiger charge is 2.16. The first-order valence-corrected chi connectivity index (χ1v) is 9.40. The minimum atomic E-state index is -3.59. The fourth-order valence-corrected chi connectivity index (χ4v) is 3.47. The highest BCUT2D eigenvalue weighted by atomic mass is 32.2. The molecule has 1 atom stereocenters. The molecule has 2 N–H and O–H groups in total. The Bertz CT molecular complexity index is 858. The van der Waals surface area contributed by atoms with Gasteiger partial charge in [0.15, 0.2) is 0 Å². The molecule has 0 spiro atoms. The molecule has 0 heterocycles. The van der Waals surface area contributed by atoms with E-state index in [2.05, 4.69) is 16.6 Å². The fourth-order valence-electron chi connectivity index (χ4n) is 2.47. The van der Waals surface area contributed by atoms with Gasteiger partial charge in [0.05, 0.1) is 10.9 Å². The maximum Gasteiger partial charge on any atom is 0.251 e. The fraction of sp³-hybridized carbons (Fsp3) is 0.211. The number of hydrogen-bond donors (Lipinski definition) is 2. The van der Waals surface area contributed by atoms with Crippen molar-refractivity contribution < 1.29 is 13.2 Å². The number of carbonyl (C=O) groups is 1. The molecule has 0 fully saturated rings. The molecule has 2 rings (SSSR count). The van der Waals surface area contributed by atoms with Gasteiger partial charge in [-0.05, 0) is 49.2 Å². The van der Waals surface area contributed by atoms with Crippen molar-refractivity contribution in [3.8, 4) is 0 Å². The van der Waals surface area contributed by atoms with E-state index in [0.29, 0.717) is 5.56 Å². The summed E-state index contributed by atoms with van der Waals surface area (Å²) in [6.07, 6.45) is 1.46. The van der Waals surface area contributed by atoms with Crippen LogP contribution in [0.4, 0.5) is 0 Å². The van der Waals surface area contributed by atoms with Crippen LogP contribution in [0.3, 0.4) is 0 Å². The maximum absolute atomic E-state index is 12.4. The molecule has 25 heavy (non-hydrogen) atoms. The molecule has 0 saturated heterocycles. The summed E-state index contributed by atoms with van der Waals surface area (Å²) in [6.45, 7) is 7.53. The van der Waals surface area contributed by atoms with Crippen LogP contribution < -0.4 is 10.0 Å². The second-order valence-electron chi connectivity index (χ2n) is 5.72. The van der Waals surface area contributed by atoms with Gasteiger partial charge in [-0.15, -0.1) is 6.58 Å². The molecule has 2 aromatic rings. The molecular formula is C19H22N2O3S. The SMILES string of the molecule is C=CCNS(=O)(=O)c1ccc(C(=O)NC(C)c2ccccc2C)cc1. The van der Waals surface area contributed by atoms with Crippen molar-refractivity contribution in [3.63, 3.8) is 0 Å². The molecule has 5 nitrogen and oxygen atoms in total. The lowest BCUT2D eigenvalue weighted by Crippen LogP contribution is -2.27. The number of aryl methyl sites for hydroxylation is 1. The third-order valence-corrected chi connectivity index (χ3v) is 5.29. The number of sulfonamides is 1. The van der Waals surface area contributed by atoms with Gasteiger partial charge < -0.3 is 5.32 Å². The zero-order chi connectivity index (χ0) is 18.4. The summed E-state index contributed by atoms with van der Waals surface area (Å²) < 4.78 is 26.4. The average molecular weight is 358 g/mol. The molecule has 0 aliphatic carbocycles. The summed E-state index contributed by atoms with van der Waals surface area (Å²) in [5.41, 5.74) is 2.55. The molecule has 0 radical (unpaired) electrons. The molecule has 0 aliphatic heterocycles. The van der Waals surface area contributed by atoms with Crippen molar-refractivity contribution in [1.29, 1.82) is 0 Å². The lowest BCUT2D eigenvalue weighted by molar-refractivity contribution is 0.0939. The van der Waals surface area contributed by atoms with E-state index < -0.39 is 10.0 Å². The van der Waals surface area contributed by atoms with Crippen LogP contribution in [0.15, 0.2) is 66.1 Å². The quantitative estimate of drug-likeness (QED) is 0.747. The van der Waals surface area contributed by atoms with Crippen LogP contribution in [0, 0.1) is 6.92 Å². The number of amides is 1. The molecule has 0 aliphatic rings. The van der Waals surface area contributed by atoms with Gasteiger partial charge in [-0.3, -0.25) is 4.79 Å². The van der Waals surface area contributed by atoms with Crippen LogP contribution in [0.2, 0.25) is 0 Å². The van der Waals surface area contributed by atoms with Crippen molar-refractivity contribution >= 4 is 15.9 Å². The molecular weight excluding hydrogens is 336 g/mol. The zero-order valence-corrected chi connectivity index (χ0v) is 15.1. The molecule has 6 heteroatoms. The normalized spacial score (nSPS) is 12.4. The van der Waals surface area contributed by atoms with Crippen LogP contribution in [-0.2, 0) is 10.0 Å². The molecule has 2 aromatic carbocycles. The number of nitrogens with one attached hydrogen (secondary N) is 2. The third-order valence-electron chi connectivity index (χ3n) is 3.85. The first-order chi connectivity index (χ1) is 11.8. The molecule has 0 aromatic heterocycles. The van der Waals surface area contributed by atoms with Crippen molar-refractivity contribution in [1.82, 2.24) is 10.0 Å². The second kappa shape index (κ2) is 8.09. The lowest BCUT2D eigenvalue weighted by Gasteiger charge is -2.16. The van der Waals surface area contributed by atoms with Gasteiger partial charge in [-0.25, -0.2) is 13.1 Å². The highest BCUT2D eigenvalue weighted by molar-refractivity contribution is 7.89. The van der Waals surface area contributed by atoms with Crippen LogP contribution in [0.5, 0.6) is 0 Å².